The SMILES string of the molecule is CN1[C@H]2CC[C@@H]1[C@H](OC(=O)C(OCc1ccccc1)(c1ccccc1)c1ccccc1)CC2. The third-order valence-electron chi connectivity index (χ3n) is 7.31. The largest absolute Gasteiger partial charge is 0.458 e. The van der Waals surface area contributed by atoms with Crippen LogP contribution in [-0.2, 0) is 26.5 Å². The summed E-state index contributed by atoms with van der Waals surface area (Å²) in [5.74, 6) is -0.334. The summed E-state index contributed by atoms with van der Waals surface area (Å²) < 4.78 is 13.0. The molecule has 4 nitrogen and oxygen atoms in total. The number of likely N-dealkylation sites (N-methyl/N-ethyl adjacent to an activating group) is 1. The van der Waals surface area contributed by atoms with Gasteiger partial charge in [0.25, 0.3) is 0 Å². The fraction of sp³-hybridized carbons (Fsp3) is 0.345. The summed E-state index contributed by atoms with van der Waals surface area (Å²) in [4.78, 5) is 16.6. The third kappa shape index (κ3) is 4.21. The van der Waals surface area contributed by atoms with Crippen LogP contribution in [0, 0.1) is 0 Å². The Morgan fingerprint density at radius 2 is 1.36 bits per heavy atom. The van der Waals surface area contributed by atoms with Gasteiger partial charge in [0.15, 0.2) is 0 Å². The van der Waals surface area contributed by atoms with Gasteiger partial charge in [0.2, 0.25) is 5.60 Å². The van der Waals surface area contributed by atoms with Crippen molar-refractivity contribution in [3.05, 3.63) is 108 Å². The molecule has 2 bridgehead atoms. The lowest BCUT2D eigenvalue weighted by Crippen LogP contribution is -2.50. The molecule has 33 heavy (non-hydrogen) atoms. The number of hydrogen-bond acceptors (Lipinski definition) is 4. The van der Waals surface area contributed by atoms with E-state index in [0.717, 1.165) is 36.0 Å². The summed E-state index contributed by atoms with van der Waals surface area (Å²) in [6.07, 6.45) is 4.12. The number of piperidine rings is 1. The number of fused-ring (bicyclic) bond motifs is 2. The molecular formula is C29H31NO3. The van der Waals surface area contributed by atoms with E-state index in [2.05, 4.69) is 11.9 Å². The van der Waals surface area contributed by atoms with Gasteiger partial charge in [-0.2, -0.15) is 0 Å². The van der Waals surface area contributed by atoms with Crippen molar-refractivity contribution in [3.63, 3.8) is 0 Å². The summed E-state index contributed by atoms with van der Waals surface area (Å²) >= 11 is 0. The Morgan fingerprint density at radius 1 is 0.818 bits per heavy atom. The molecule has 0 aromatic heterocycles. The molecule has 3 aromatic rings. The van der Waals surface area contributed by atoms with E-state index in [1.165, 1.54) is 6.42 Å². The zero-order valence-corrected chi connectivity index (χ0v) is 19.1. The van der Waals surface area contributed by atoms with Gasteiger partial charge in [-0.15, -0.1) is 0 Å². The first-order valence-electron chi connectivity index (χ1n) is 11.9. The monoisotopic (exact) mass is 441 g/mol. The van der Waals surface area contributed by atoms with Crippen molar-refractivity contribution in [1.29, 1.82) is 0 Å². The first-order chi connectivity index (χ1) is 16.2. The second kappa shape index (κ2) is 9.50. The van der Waals surface area contributed by atoms with Crippen LogP contribution in [0.3, 0.4) is 0 Å². The summed E-state index contributed by atoms with van der Waals surface area (Å²) in [6, 6.07) is 30.4. The van der Waals surface area contributed by atoms with Crippen molar-refractivity contribution >= 4 is 5.97 Å². The first-order valence-corrected chi connectivity index (χ1v) is 11.9. The van der Waals surface area contributed by atoms with Crippen LogP contribution in [0.4, 0.5) is 0 Å². The minimum atomic E-state index is -1.34. The van der Waals surface area contributed by atoms with Gasteiger partial charge in [0, 0.05) is 12.1 Å². The Bertz CT molecular complexity index is 1010. The smallest absolute Gasteiger partial charge is 0.348 e. The highest BCUT2D eigenvalue weighted by atomic mass is 16.6. The molecule has 2 fully saturated rings. The Labute approximate surface area is 196 Å². The normalized spacial score (nSPS) is 22.8. The van der Waals surface area contributed by atoms with Crippen LogP contribution >= 0.6 is 0 Å². The Hall–Kier alpha value is -2.95. The summed E-state index contributed by atoms with van der Waals surface area (Å²) in [7, 11) is 2.16. The molecular weight excluding hydrogens is 410 g/mol. The lowest BCUT2D eigenvalue weighted by Gasteiger charge is -2.39. The van der Waals surface area contributed by atoms with Crippen LogP contribution in [0.15, 0.2) is 91.0 Å². The van der Waals surface area contributed by atoms with Gasteiger partial charge in [0.1, 0.15) is 6.10 Å². The molecule has 4 heteroatoms. The third-order valence-corrected chi connectivity index (χ3v) is 7.31. The van der Waals surface area contributed by atoms with Crippen LogP contribution in [0.1, 0.15) is 42.4 Å². The van der Waals surface area contributed by atoms with Crippen molar-refractivity contribution in [3.8, 4) is 0 Å². The maximum atomic E-state index is 14.2. The number of ether oxygens (including phenoxy) is 2. The summed E-state index contributed by atoms with van der Waals surface area (Å²) in [5, 5.41) is 0. The molecule has 0 saturated carbocycles. The molecule has 0 unspecified atom stereocenters. The zero-order valence-electron chi connectivity index (χ0n) is 19.1. The second-order valence-electron chi connectivity index (χ2n) is 9.17. The molecule has 0 radical (unpaired) electrons. The van der Waals surface area contributed by atoms with Gasteiger partial charge in [-0.3, -0.25) is 4.90 Å². The van der Waals surface area contributed by atoms with E-state index in [4.69, 9.17) is 9.47 Å². The van der Waals surface area contributed by atoms with Gasteiger partial charge < -0.3 is 9.47 Å². The molecule has 0 N–H and O–H groups in total. The van der Waals surface area contributed by atoms with E-state index in [1.807, 2.05) is 91.0 Å². The van der Waals surface area contributed by atoms with Gasteiger partial charge in [0.05, 0.1) is 6.61 Å². The Balaban J connectivity index is 1.53. The molecule has 170 valence electrons. The highest BCUT2D eigenvalue weighted by molar-refractivity contribution is 5.86. The van der Waals surface area contributed by atoms with Gasteiger partial charge in [-0.05, 0) is 49.4 Å². The number of carbonyl (C=O) groups excluding carboxylic acids is 1. The maximum absolute atomic E-state index is 14.2. The van der Waals surface area contributed by atoms with Gasteiger partial charge in [-0.1, -0.05) is 91.0 Å². The van der Waals surface area contributed by atoms with E-state index in [0.29, 0.717) is 12.6 Å². The molecule has 0 aliphatic carbocycles. The van der Waals surface area contributed by atoms with Crippen LogP contribution < -0.4 is 0 Å². The maximum Gasteiger partial charge on any atom is 0.348 e. The van der Waals surface area contributed by atoms with Crippen LogP contribution in [0.5, 0.6) is 0 Å². The number of hydrogen-bond donors (Lipinski definition) is 0. The van der Waals surface area contributed by atoms with Crippen molar-refractivity contribution in [1.82, 2.24) is 4.90 Å². The lowest BCUT2D eigenvalue weighted by molar-refractivity contribution is -0.180. The molecule has 2 aliphatic rings. The number of rotatable bonds is 7. The average Bonchev–Trinajstić information content (AvgIpc) is 3.10. The molecule has 3 aromatic carbocycles. The Kier molecular flexibility index (Phi) is 6.30. The van der Waals surface area contributed by atoms with Crippen molar-refractivity contribution in [2.75, 3.05) is 7.05 Å². The van der Waals surface area contributed by atoms with Crippen LogP contribution in [0.25, 0.3) is 0 Å². The fourth-order valence-electron chi connectivity index (χ4n) is 5.48. The highest BCUT2D eigenvalue weighted by Gasteiger charge is 2.49. The molecule has 0 spiro atoms. The topological polar surface area (TPSA) is 38.8 Å². The quantitative estimate of drug-likeness (QED) is 0.466. The van der Waals surface area contributed by atoms with Crippen molar-refractivity contribution < 1.29 is 14.3 Å². The van der Waals surface area contributed by atoms with E-state index in [1.54, 1.807) is 0 Å². The summed E-state index contributed by atoms with van der Waals surface area (Å²) in [6.45, 7) is 0.301. The number of carbonyl (C=O) groups is 1. The number of esters is 1. The molecule has 2 saturated heterocycles. The van der Waals surface area contributed by atoms with Crippen LogP contribution in [0.2, 0.25) is 0 Å². The average molecular weight is 442 g/mol. The molecule has 5 rings (SSSR count). The van der Waals surface area contributed by atoms with E-state index in [-0.39, 0.29) is 18.1 Å². The predicted molar refractivity (Wildman–Crippen MR) is 129 cm³/mol. The number of nitrogens with zero attached hydrogens (tertiary/aromatic N) is 1. The first kappa shape index (κ1) is 21.9. The molecule has 0 amide bonds. The molecule has 2 aliphatic heterocycles. The standard InChI is InChI=1S/C29H31NO3/c1-30-25-17-19-26(30)27(20-18-25)33-28(31)29(23-13-7-3-8-14-23,24-15-9-4-10-16-24)32-21-22-11-5-2-6-12-22/h2-16,25-27H,17-21H2,1H3/t25-,26+,27+/m0/s1. The zero-order chi connectivity index (χ0) is 22.7. The Morgan fingerprint density at radius 3 is 1.97 bits per heavy atom. The van der Waals surface area contributed by atoms with Crippen molar-refractivity contribution in [2.24, 2.45) is 0 Å². The second-order valence-corrected chi connectivity index (χ2v) is 9.17. The predicted octanol–water partition coefficient (Wildman–Crippen LogP) is 5.32. The minimum Gasteiger partial charge on any atom is -0.458 e. The van der Waals surface area contributed by atoms with Crippen LogP contribution in [-0.4, -0.2) is 36.1 Å². The number of benzene rings is 3. The van der Waals surface area contributed by atoms with E-state index < -0.39 is 5.60 Å². The van der Waals surface area contributed by atoms with E-state index >= 15 is 0 Å². The van der Waals surface area contributed by atoms with E-state index in [9.17, 15) is 4.79 Å². The molecule has 3 atom stereocenters. The summed E-state index contributed by atoms with van der Waals surface area (Å²) in [5.41, 5.74) is 1.24. The van der Waals surface area contributed by atoms with Gasteiger partial charge in [-0.25, -0.2) is 4.79 Å². The fourth-order valence-corrected chi connectivity index (χ4v) is 5.48. The van der Waals surface area contributed by atoms with Crippen molar-refractivity contribution in [2.45, 2.75) is 56.1 Å². The van der Waals surface area contributed by atoms with Gasteiger partial charge >= 0.3 is 5.97 Å². The lowest BCUT2D eigenvalue weighted by atomic mass is 9.85. The minimum absolute atomic E-state index is 0.117. The molecule has 2 heterocycles. The highest BCUT2D eigenvalue weighted by Crippen LogP contribution is 2.40.